The summed E-state index contributed by atoms with van der Waals surface area (Å²) in [6.07, 6.45) is 0. The van der Waals surface area contributed by atoms with Crippen molar-refractivity contribution >= 4 is 21.6 Å². The van der Waals surface area contributed by atoms with E-state index in [1.807, 2.05) is 44.3 Å². The van der Waals surface area contributed by atoms with Gasteiger partial charge in [-0.05, 0) is 25.1 Å². The molecule has 0 saturated carbocycles. The minimum absolute atomic E-state index is 0.151. The number of anilines is 1. The Morgan fingerprint density at radius 3 is 2.38 bits per heavy atom. The molecule has 2 aromatic carbocycles. The van der Waals surface area contributed by atoms with Crippen LogP contribution in [0.15, 0.2) is 59.5 Å². The highest BCUT2D eigenvalue weighted by atomic mass is 32.2. The quantitative estimate of drug-likeness (QED) is 0.757. The van der Waals surface area contributed by atoms with Gasteiger partial charge in [0.05, 0.1) is 11.9 Å². The monoisotopic (exact) mass is 376 g/mol. The highest BCUT2D eigenvalue weighted by molar-refractivity contribution is 7.89. The number of hydrogen-bond donors (Lipinski definition) is 2. The fourth-order valence-corrected chi connectivity index (χ4v) is 3.44. The molecule has 0 radical (unpaired) electrons. The number of quaternary nitrogens is 1. The van der Waals surface area contributed by atoms with Crippen LogP contribution >= 0.6 is 0 Å². The minimum Gasteiger partial charge on any atom is -0.324 e. The second kappa shape index (κ2) is 8.44. The van der Waals surface area contributed by atoms with Gasteiger partial charge in [-0.2, -0.15) is 0 Å². The number of benzene rings is 2. The third-order valence-corrected chi connectivity index (χ3v) is 6.15. The zero-order valence-corrected chi connectivity index (χ0v) is 16.4. The summed E-state index contributed by atoms with van der Waals surface area (Å²) in [7, 11) is 1.38. The van der Waals surface area contributed by atoms with Crippen LogP contribution in [0.5, 0.6) is 0 Å². The maximum absolute atomic E-state index is 12.5. The van der Waals surface area contributed by atoms with E-state index in [1.54, 1.807) is 12.1 Å². The predicted octanol–water partition coefficient (Wildman–Crippen LogP) is 0.979. The average molecular weight is 377 g/mol. The van der Waals surface area contributed by atoms with Gasteiger partial charge in [-0.3, -0.25) is 4.79 Å². The number of carbonyl (C=O) groups is 1. The molecule has 0 spiro atoms. The van der Waals surface area contributed by atoms with Crippen LogP contribution in [0.25, 0.3) is 0 Å². The summed E-state index contributed by atoms with van der Waals surface area (Å²) in [6, 6.07) is 16.0. The van der Waals surface area contributed by atoms with E-state index in [9.17, 15) is 13.2 Å². The second-order valence-corrected chi connectivity index (χ2v) is 8.69. The molecule has 0 aliphatic carbocycles. The smallest absolute Gasteiger partial charge is 0.282 e. The summed E-state index contributed by atoms with van der Waals surface area (Å²) in [5.74, 6) is -0.155. The highest BCUT2D eigenvalue weighted by Crippen LogP contribution is 2.18. The van der Waals surface area contributed by atoms with Gasteiger partial charge in [0.2, 0.25) is 10.0 Å². The molecule has 2 N–H and O–H groups in total. The largest absolute Gasteiger partial charge is 0.324 e. The lowest BCUT2D eigenvalue weighted by Crippen LogP contribution is -3.12. The molecule has 0 aliphatic heterocycles. The van der Waals surface area contributed by atoms with Crippen molar-refractivity contribution in [3.63, 3.8) is 0 Å². The van der Waals surface area contributed by atoms with Crippen molar-refractivity contribution < 1.29 is 18.1 Å². The lowest BCUT2D eigenvalue weighted by molar-refractivity contribution is -0.907. The first-order valence-corrected chi connectivity index (χ1v) is 9.85. The van der Waals surface area contributed by atoms with E-state index in [4.69, 9.17) is 0 Å². The molecule has 0 aromatic heterocycles. The molecule has 1 unspecified atom stereocenters. The molecule has 2 rings (SSSR count). The molecule has 140 valence electrons. The summed E-state index contributed by atoms with van der Waals surface area (Å²) in [4.78, 5) is 13.7. The molecular formula is C19H26N3O3S+. The van der Waals surface area contributed by atoms with Gasteiger partial charge in [-0.15, -0.1) is 0 Å². The van der Waals surface area contributed by atoms with Crippen molar-refractivity contribution in [2.75, 3.05) is 26.5 Å². The number of rotatable bonds is 7. The molecule has 0 heterocycles. The molecule has 2 aromatic rings. The van der Waals surface area contributed by atoms with Gasteiger partial charge in [0.15, 0.2) is 6.04 Å². The van der Waals surface area contributed by atoms with Crippen LogP contribution in [-0.4, -0.2) is 45.8 Å². The van der Waals surface area contributed by atoms with E-state index in [-0.39, 0.29) is 16.8 Å². The van der Waals surface area contributed by atoms with Crippen LogP contribution in [0.3, 0.4) is 0 Å². The number of carbonyl (C=O) groups excluding carboxylic acids is 1. The van der Waals surface area contributed by atoms with Crippen LogP contribution in [0.4, 0.5) is 5.69 Å². The van der Waals surface area contributed by atoms with Gasteiger partial charge in [0, 0.05) is 25.3 Å². The first kappa shape index (κ1) is 20.1. The molecule has 0 fully saturated rings. The lowest BCUT2D eigenvalue weighted by atomic mass is 10.2. The maximum atomic E-state index is 12.5. The van der Waals surface area contributed by atoms with Crippen LogP contribution in [-0.2, 0) is 21.4 Å². The van der Waals surface area contributed by atoms with Crippen molar-refractivity contribution in [3.8, 4) is 0 Å². The zero-order valence-electron chi connectivity index (χ0n) is 15.6. The van der Waals surface area contributed by atoms with Crippen LogP contribution in [0.1, 0.15) is 12.5 Å². The van der Waals surface area contributed by atoms with Crippen LogP contribution < -0.4 is 10.2 Å². The molecule has 2 atom stereocenters. The molecule has 0 saturated heterocycles. The van der Waals surface area contributed by atoms with Crippen molar-refractivity contribution in [1.29, 1.82) is 0 Å². The van der Waals surface area contributed by atoms with E-state index in [0.29, 0.717) is 5.69 Å². The molecule has 1 amide bonds. The Balaban J connectivity index is 2.07. The Bertz CT molecular complexity index is 851. The zero-order chi connectivity index (χ0) is 19.3. The Kier molecular flexibility index (Phi) is 6.52. The minimum atomic E-state index is -3.54. The van der Waals surface area contributed by atoms with Crippen molar-refractivity contribution in [2.45, 2.75) is 24.4 Å². The Morgan fingerprint density at radius 2 is 1.77 bits per heavy atom. The fraction of sp³-hybridized carbons (Fsp3) is 0.316. The van der Waals surface area contributed by atoms with E-state index < -0.39 is 10.0 Å². The number of nitrogens with zero attached hydrogens (tertiary/aromatic N) is 1. The lowest BCUT2D eigenvalue weighted by Gasteiger charge is -2.21. The standard InChI is InChI=1S/C19H25N3O3S/c1-15(22(4)14-16-9-6-5-7-10-16)19(23)20-17-11-8-12-18(13-17)26(24,25)21(2)3/h5-13,15H,14H2,1-4H3,(H,20,23)/p+1/t15-/m1/s1. The Labute approximate surface area is 155 Å². The second-order valence-electron chi connectivity index (χ2n) is 6.53. The normalized spacial score (nSPS) is 14.0. The number of likely N-dealkylation sites (N-methyl/N-ethyl adjacent to an activating group) is 1. The van der Waals surface area contributed by atoms with Crippen molar-refractivity contribution in [2.24, 2.45) is 0 Å². The molecular weight excluding hydrogens is 350 g/mol. The summed E-state index contributed by atoms with van der Waals surface area (Å²) >= 11 is 0. The summed E-state index contributed by atoms with van der Waals surface area (Å²) in [5.41, 5.74) is 1.63. The van der Waals surface area contributed by atoms with Gasteiger partial charge in [-0.25, -0.2) is 12.7 Å². The summed E-state index contributed by atoms with van der Waals surface area (Å²) in [5, 5.41) is 2.82. The molecule has 6 nitrogen and oxygen atoms in total. The van der Waals surface area contributed by atoms with Crippen LogP contribution in [0.2, 0.25) is 0 Å². The third kappa shape index (κ3) is 4.91. The van der Waals surface area contributed by atoms with E-state index >= 15 is 0 Å². The highest BCUT2D eigenvalue weighted by Gasteiger charge is 2.23. The predicted molar refractivity (Wildman–Crippen MR) is 102 cm³/mol. The first-order valence-electron chi connectivity index (χ1n) is 8.41. The fourth-order valence-electron chi connectivity index (χ4n) is 2.49. The SMILES string of the molecule is C[C@H](C(=O)Nc1cccc(S(=O)(=O)N(C)C)c1)[NH+](C)Cc1ccccc1. The van der Waals surface area contributed by atoms with Crippen molar-refractivity contribution in [3.05, 3.63) is 60.2 Å². The van der Waals surface area contributed by atoms with E-state index in [0.717, 1.165) is 21.3 Å². The third-order valence-electron chi connectivity index (χ3n) is 4.34. The van der Waals surface area contributed by atoms with Gasteiger partial charge >= 0.3 is 0 Å². The maximum Gasteiger partial charge on any atom is 0.282 e. The average Bonchev–Trinajstić information content (AvgIpc) is 2.61. The summed E-state index contributed by atoms with van der Waals surface area (Å²) < 4.78 is 25.6. The van der Waals surface area contributed by atoms with E-state index in [2.05, 4.69) is 5.32 Å². The van der Waals surface area contributed by atoms with Gasteiger partial charge in [0.25, 0.3) is 5.91 Å². The molecule has 26 heavy (non-hydrogen) atoms. The topological polar surface area (TPSA) is 70.9 Å². The number of sulfonamides is 1. The number of hydrogen-bond acceptors (Lipinski definition) is 3. The summed E-state index contributed by atoms with van der Waals surface area (Å²) in [6.45, 7) is 2.58. The molecule has 0 aliphatic rings. The Morgan fingerprint density at radius 1 is 1.12 bits per heavy atom. The molecule has 7 heteroatoms. The Hall–Kier alpha value is -2.22. The number of amides is 1. The van der Waals surface area contributed by atoms with Gasteiger partial charge < -0.3 is 10.2 Å². The van der Waals surface area contributed by atoms with Gasteiger partial charge in [-0.1, -0.05) is 36.4 Å². The molecule has 0 bridgehead atoms. The van der Waals surface area contributed by atoms with E-state index in [1.165, 1.54) is 26.2 Å². The number of nitrogens with one attached hydrogen (secondary N) is 2. The first-order chi connectivity index (χ1) is 12.2. The van der Waals surface area contributed by atoms with Crippen LogP contribution in [0, 0.1) is 0 Å². The van der Waals surface area contributed by atoms with Gasteiger partial charge in [0.1, 0.15) is 6.54 Å². The van der Waals surface area contributed by atoms with Crippen molar-refractivity contribution in [1.82, 2.24) is 4.31 Å².